The van der Waals surface area contributed by atoms with Crippen LogP contribution >= 0.6 is 0 Å². The van der Waals surface area contributed by atoms with Crippen molar-refractivity contribution in [3.63, 3.8) is 0 Å². The van der Waals surface area contributed by atoms with Gasteiger partial charge >= 0.3 is 0 Å². The smallest absolute Gasteiger partial charge is 0.278 e. The number of amides is 1. The lowest BCUT2D eigenvalue weighted by molar-refractivity contribution is 0.102. The molecular formula is C20H19N9O. The zero-order valence-electron chi connectivity index (χ0n) is 16.3. The lowest BCUT2D eigenvalue weighted by Crippen LogP contribution is -2.14. The molecule has 1 N–H and O–H groups in total. The quantitative estimate of drug-likeness (QED) is 0.527. The van der Waals surface area contributed by atoms with Crippen molar-refractivity contribution in [3.8, 4) is 11.4 Å². The molecule has 150 valence electrons. The van der Waals surface area contributed by atoms with Gasteiger partial charge in [0.25, 0.3) is 5.91 Å². The summed E-state index contributed by atoms with van der Waals surface area (Å²) < 4.78 is 3.54. The van der Waals surface area contributed by atoms with Gasteiger partial charge in [0.15, 0.2) is 11.5 Å². The minimum atomic E-state index is -0.313. The van der Waals surface area contributed by atoms with Gasteiger partial charge in [-0.15, -0.1) is 10.2 Å². The van der Waals surface area contributed by atoms with E-state index in [2.05, 4.69) is 36.1 Å². The summed E-state index contributed by atoms with van der Waals surface area (Å²) in [5.41, 5.74) is 3.51. The van der Waals surface area contributed by atoms with Crippen LogP contribution in [0.4, 0.5) is 5.69 Å². The average molecular weight is 401 g/mol. The van der Waals surface area contributed by atoms with Crippen LogP contribution in [0.15, 0.2) is 48.8 Å². The summed E-state index contributed by atoms with van der Waals surface area (Å²) in [4.78, 5) is 16.8. The molecule has 10 nitrogen and oxygen atoms in total. The fourth-order valence-electron chi connectivity index (χ4n) is 3.26. The Bertz CT molecular complexity index is 1190. The Labute approximate surface area is 171 Å². The number of anilines is 1. The van der Waals surface area contributed by atoms with Gasteiger partial charge in [0.1, 0.15) is 0 Å². The zero-order valence-corrected chi connectivity index (χ0v) is 16.3. The Kier molecular flexibility index (Phi) is 4.51. The largest absolute Gasteiger partial charge is 0.321 e. The monoisotopic (exact) mass is 401 g/mol. The first-order chi connectivity index (χ1) is 14.7. The van der Waals surface area contributed by atoms with Gasteiger partial charge in [-0.3, -0.25) is 9.78 Å². The third-order valence-electron chi connectivity index (χ3n) is 5.04. The molecule has 0 bridgehead atoms. The van der Waals surface area contributed by atoms with Crippen molar-refractivity contribution >= 4 is 11.6 Å². The molecule has 1 amide bonds. The molecule has 4 aromatic rings. The van der Waals surface area contributed by atoms with E-state index in [1.807, 2.05) is 48.0 Å². The van der Waals surface area contributed by atoms with Crippen molar-refractivity contribution < 1.29 is 4.79 Å². The molecule has 1 fully saturated rings. The normalized spacial score (nSPS) is 13.4. The second kappa shape index (κ2) is 7.47. The van der Waals surface area contributed by atoms with E-state index < -0.39 is 0 Å². The number of hydrogen-bond donors (Lipinski definition) is 1. The molecule has 0 saturated heterocycles. The first-order valence-corrected chi connectivity index (χ1v) is 9.67. The summed E-state index contributed by atoms with van der Waals surface area (Å²) in [7, 11) is 0. The molecule has 1 aliphatic rings. The maximum Gasteiger partial charge on any atom is 0.278 e. The van der Waals surface area contributed by atoms with E-state index in [1.165, 1.54) is 0 Å². The van der Waals surface area contributed by atoms with Crippen molar-refractivity contribution in [2.24, 2.45) is 0 Å². The van der Waals surface area contributed by atoms with Crippen LogP contribution < -0.4 is 5.32 Å². The third-order valence-corrected chi connectivity index (χ3v) is 5.04. The highest BCUT2D eigenvalue weighted by molar-refractivity contribution is 6.03. The molecule has 0 atom stereocenters. The number of benzene rings is 1. The standard InChI is InChI=1S/C20H19N9O/c1-13-18(23-26-28(13)12-14-7-9-21-10-8-14)20(30)22-16-4-2-3-15(11-16)19-24-25-27-29(19)17-5-6-17/h2-4,7-11,17H,5-6,12H2,1H3,(H,22,30). The summed E-state index contributed by atoms with van der Waals surface area (Å²) in [6.45, 7) is 2.35. The number of hydrogen-bond acceptors (Lipinski definition) is 7. The fourth-order valence-corrected chi connectivity index (χ4v) is 3.26. The SMILES string of the molecule is Cc1c(C(=O)Nc2cccc(-c3nnnn3C3CC3)c2)nnn1Cc1ccncc1. The van der Waals surface area contributed by atoms with Crippen LogP contribution in [0.3, 0.4) is 0 Å². The summed E-state index contributed by atoms with van der Waals surface area (Å²) in [5.74, 6) is 0.389. The van der Waals surface area contributed by atoms with E-state index in [1.54, 1.807) is 17.1 Å². The molecule has 1 saturated carbocycles. The van der Waals surface area contributed by atoms with Crippen molar-refractivity contribution in [2.45, 2.75) is 32.4 Å². The van der Waals surface area contributed by atoms with Crippen molar-refractivity contribution in [2.75, 3.05) is 5.32 Å². The predicted molar refractivity (Wildman–Crippen MR) is 108 cm³/mol. The molecule has 30 heavy (non-hydrogen) atoms. The summed E-state index contributed by atoms with van der Waals surface area (Å²) in [6.07, 6.45) is 5.62. The fraction of sp³-hybridized carbons (Fsp3) is 0.250. The molecule has 1 aliphatic carbocycles. The minimum Gasteiger partial charge on any atom is -0.321 e. The molecule has 3 heterocycles. The molecule has 0 spiro atoms. The lowest BCUT2D eigenvalue weighted by Gasteiger charge is -2.07. The van der Waals surface area contributed by atoms with E-state index >= 15 is 0 Å². The Morgan fingerprint density at radius 2 is 1.97 bits per heavy atom. The predicted octanol–water partition coefficient (Wildman–Crippen LogP) is 2.27. The Hall–Kier alpha value is -3.95. The van der Waals surface area contributed by atoms with Crippen molar-refractivity contribution in [1.29, 1.82) is 0 Å². The van der Waals surface area contributed by atoms with Crippen LogP contribution in [0.5, 0.6) is 0 Å². The van der Waals surface area contributed by atoms with Gasteiger partial charge in [-0.2, -0.15) is 0 Å². The first kappa shape index (κ1) is 18.1. The van der Waals surface area contributed by atoms with E-state index in [4.69, 9.17) is 0 Å². The maximum absolute atomic E-state index is 12.8. The van der Waals surface area contributed by atoms with Gasteiger partial charge < -0.3 is 5.32 Å². The van der Waals surface area contributed by atoms with Crippen LogP contribution in [0.2, 0.25) is 0 Å². The highest BCUT2D eigenvalue weighted by atomic mass is 16.2. The average Bonchev–Trinajstić information content (AvgIpc) is 3.38. The number of tetrazole rings is 1. The van der Waals surface area contributed by atoms with E-state index in [0.717, 1.165) is 24.0 Å². The number of carbonyl (C=O) groups is 1. The van der Waals surface area contributed by atoms with Gasteiger partial charge in [0, 0.05) is 23.6 Å². The number of nitrogens with zero attached hydrogens (tertiary/aromatic N) is 8. The molecular weight excluding hydrogens is 382 g/mol. The van der Waals surface area contributed by atoms with Crippen LogP contribution in [0.25, 0.3) is 11.4 Å². The van der Waals surface area contributed by atoms with Crippen LogP contribution in [0, 0.1) is 6.92 Å². The molecule has 10 heteroatoms. The highest BCUT2D eigenvalue weighted by Crippen LogP contribution is 2.36. The summed E-state index contributed by atoms with van der Waals surface area (Å²) >= 11 is 0. The Morgan fingerprint density at radius 1 is 1.13 bits per heavy atom. The van der Waals surface area contributed by atoms with Crippen molar-refractivity contribution in [1.82, 2.24) is 40.2 Å². The number of pyridine rings is 1. The highest BCUT2D eigenvalue weighted by Gasteiger charge is 2.28. The van der Waals surface area contributed by atoms with E-state index in [0.29, 0.717) is 29.8 Å². The Balaban J connectivity index is 1.34. The molecule has 0 radical (unpaired) electrons. The van der Waals surface area contributed by atoms with E-state index in [9.17, 15) is 4.79 Å². The van der Waals surface area contributed by atoms with Crippen LogP contribution in [0.1, 0.15) is 40.6 Å². The number of aromatic nitrogens is 8. The maximum atomic E-state index is 12.8. The van der Waals surface area contributed by atoms with Gasteiger partial charge in [0.2, 0.25) is 0 Å². The van der Waals surface area contributed by atoms with Gasteiger partial charge in [-0.1, -0.05) is 17.3 Å². The Morgan fingerprint density at radius 3 is 2.77 bits per heavy atom. The zero-order chi connectivity index (χ0) is 20.5. The minimum absolute atomic E-state index is 0.289. The number of nitrogens with one attached hydrogen (secondary N) is 1. The second-order valence-electron chi connectivity index (χ2n) is 7.25. The summed E-state index contributed by atoms with van der Waals surface area (Å²) in [5, 5.41) is 23.1. The third kappa shape index (κ3) is 3.54. The molecule has 0 aliphatic heterocycles. The number of carbonyl (C=O) groups excluding carboxylic acids is 1. The van der Waals surface area contributed by atoms with Gasteiger partial charge in [-0.25, -0.2) is 9.36 Å². The number of rotatable bonds is 6. The van der Waals surface area contributed by atoms with Gasteiger partial charge in [0.05, 0.1) is 18.3 Å². The second-order valence-corrected chi connectivity index (χ2v) is 7.25. The lowest BCUT2D eigenvalue weighted by atomic mass is 10.2. The van der Waals surface area contributed by atoms with Crippen LogP contribution in [-0.4, -0.2) is 46.1 Å². The molecule has 3 aromatic heterocycles. The van der Waals surface area contributed by atoms with Gasteiger partial charge in [-0.05, 0) is 60.0 Å². The summed E-state index contributed by atoms with van der Waals surface area (Å²) in [6, 6.07) is 11.7. The molecule has 5 rings (SSSR count). The van der Waals surface area contributed by atoms with Crippen molar-refractivity contribution in [3.05, 3.63) is 65.7 Å². The molecule has 1 aromatic carbocycles. The molecule has 0 unspecified atom stereocenters. The van der Waals surface area contributed by atoms with Crippen LogP contribution in [-0.2, 0) is 6.54 Å². The topological polar surface area (TPSA) is 116 Å². The first-order valence-electron chi connectivity index (χ1n) is 9.67. The van der Waals surface area contributed by atoms with E-state index in [-0.39, 0.29) is 11.6 Å².